The van der Waals surface area contributed by atoms with E-state index in [0.717, 1.165) is 7.11 Å². The van der Waals surface area contributed by atoms with Gasteiger partial charge >= 0.3 is 12.1 Å². The maximum atomic E-state index is 14.0. The second-order valence-electron chi connectivity index (χ2n) is 9.37. The van der Waals surface area contributed by atoms with E-state index in [1.54, 1.807) is 6.07 Å². The first-order valence-electron chi connectivity index (χ1n) is 11.7. The molecule has 5 atom stereocenters. The number of halogens is 3. The lowest BCUT2D eigenvalue weighted by atomic mass is 9.84. The van der Waals surface area contributed by atoms with Crippen LogP contribution < -0.4 is 0 Å². The zero-order valence-electron chi connectivity index (χ0n) is 20.6. The summed E-state index contributed by atoms with van der Waals surface area (Å²) in [5, 5.41) is 9.17. The first-order valence-corrected chi connectivity index (χ1v) is 11.7. The van der Waals surface area contributed by atoms with Crippen molar-refractivity contribution in [2.75, 3.05) is 20.3 Å². The van der Waals surface area contributed by atoms with Crippen LogP contribution in [0.2, 0.25) is 0 Å². The molecule has 1 aromatic rings. The van der Waals surface area contributed by atoms with E-state index < -0.39 is 23.5 Å². The van der Waals surface area contributed by atoms with Crippen molar-refractivity contribution in [2.45, 2.75) is 83.2 Å². The number of carbonyl (C=O) groups excluding carboxylic acids is 1. The number of benzene rings is 1. The number of carbonyl (C=O) groups is 1. The SMILES string of the molecule is CO[C@@](C(=O)OCCC[C@@H](C)[C@@H]1OC(C)(C)O[C@H](CCCO)[C@H]1C)(c1ccccc1)C(F)(F)F. The van der Waals surface area contributed by atoms with Gasteiger partial charge in [-0.1, -0.05) is 44.2 Å². The fourth-order valence-corrected chi connectivity index (χ4v) is 4.62. The zero-order chi connectivity index (χ0) is 25.6. The molecule has 0 unspecified atom stereocenters. The summed E-state index contributed by atoms with van der Waals surface area (Å²) in [6, 6.07) is 6.77. The maximum Gasteiger partial charge on any atom is 0.432 e. The number of ether oxygens (including phenoxy) is 4. The molecule has 1 heterocycles. The van der Waals surface area contributed by atoms with Gasteiger partial charge in [0.15, 0.2) is 5.79 Å². The van der Waals surface area contributed by atoms with E-state index in [9.17, 15) is 18.0 Å². The van der Waals surface area contributed by atoms with Crippen LogP contribution in [0.1, 0.15) is 58.9 Å². The number of esters is 1. The van der Waals surface area contributed by atoms with Crippen molar-refractivity contribution in [2.24, 2.45) is 11.8 Å². The van der Waals surface area contributed by atoms with Crippen LogP contribution in [0.3, 0.4) is 0 Å². The van der Waals surface area contributed by atoms with Crippen LogP contribution in [-0.2, 0) is 29.3 Å². The van der Waals surface area contributed by atoms with Gasteiger partial charge in [-0.15, -0.1) is 0 Å². The van der Waals surface area contributed by atoms with Crippen LogP contribution >= 0.6 is 0 Å². The largest absolute Gasteiger partial charge is 0.463 e. The van der Waals surface area contributed by atoms with Crippen molar-refractivity contribution in [1.82, 2.24) is 0 Å². The van der Waals surface area contributed by atoms with Crippen LogP contribution in [-0.4, -0.2) is 55.6 Å². The van der Waals surface area contributed by atoms with Crippen LogP contribution in [0.5, 0.6) is 0 Å². The minimum atomic E-state index is -4.99. The van der Waals surface area contributed by atoms with Crippen LogP contribution in [0, 0.1) is 11.8 Å². The highest BCUT2D eigenvalue weighted by Crippen LogP contribution is 2.43. The van der Waals surface area contributed by atoms with Gasteiger partial charge in [0.05, 0.1) is 18.8 Å². The van der Waals surface area contributed by atoms with Crippen LogP contribution in [0.25, 0.3) is 0 Å². The predicted octanol–water partition coefficient (Wildman–Crippen LogP) is 4.98. The lowest BCUT2D eigenvalue weighted by Gasteiger charge is -2.47. The molecule has 1 aliphatic heterocycles. The number of hydrogen-bond acceptors (Lipinski definition) is 6. The fourth-order valence-electron chi connectivity index (χ4n) is 4.62. The Morgan fingerprint density at radius 2 is 1.82 bits per heavy atom. The molecular formula is C25H37F3O6. The highest BCUT2D eigenvalue weighted by molar-refractivity contribution is 5.82. The highest BCUT2D eigenvalue weighted by Gasteiger charge is 2.64. The Balaban J connectivity index is 2.00. The molecule has 0 bridgehead atoms. The van der Waals surface area contributed by atoms with Gasteiger partial charge in [0, 0.05) is 25.2 Å². The Morgan fingerprint density at radius 1 is 1.18 bits per heavy atom. The van der Waals surface area contributed by atoms with Crippen molar-refractivity contribution in [3.8, 4) is 0 Å². The molecule has 1 saturated heterocycles. The minimum absolute atomic E-state index is 0.0532. The summed E-state index contributed by atoms with van der Waals surface area (Å²) in [4.78, 5) is 12.6. The van der Waals surface area contributed by atoms with Gasteiger partial charge in [0.2, 0.25) is 0 Å². The Hall–Kier alpha value is -1.68. The van der Waals surface area contributed by atoms with Gasteiger partial charge in [-0.25, -0.2) is 4.79 Å². The number of rotatable bonds is 11. The first kappa shape index (κ1) is 28.6. The van der Waals surface area contributed by atoms with Gasteiger partial charge < -0.3 is 24.1 Å². The molecule has 1 aliphatic rings. The second-order valence-corrected chi connectivity index (χ2v) is 9.37. The van der Waals surface area contributed by atoms with Crippen LogP contribution in [0.4, 0.5) is 13.2 Å². The third-order valence-electron chi connectivity index (χ3n) is 6.38. The molecule has 1 fully saturated rings. The normalized spacial score (nSPS) is 25.4. The van der Waals surface area contributed by atoms with Gasteiger partial charge in [-0.3, -0.25) is 0 Å². The average Bonchev–Trinajstić information content (AvgIpc) is 2.77. The van der Waals surface area contributed by atoms with Gasteiger partial charge in [-0.2, -0.15) is 13.2 Å². The van der Waals surface area contributed by atoms with Crippen molar-refractivity contribution in [3.63, 3.8) is 0 Å². The minimum Gasteiger partial charge on any atom is -0.463 e. The van der Waals surface area contributed by atoms with Crippen molar-refractivity contribution < 1.29 is 42.0 Å². The Labute approximate surface area is 199 Å². The molecule has 0 amide bonds. The predicted molar refractivity (Wildman–Crippen MR) is 120 cm³/mol. The number of aliphatic hydroxyl groups is 1. The maximum absolute atomic E-state index is 14.0. The quantitative estimate of drug-likeness (QED) is 0.348. The smallest absolute Gasteiger partial charge is 0.432 e. The molecule has 194 valence electrons. The second kappa shape index (κ2) is 11.8. The number of alkyl halides is 3. The highest BCUT2D eigenvalue weighted by atomic mass is 19.4. The van der Waals surface area contributed by atoms with E-state index in [-0.39, 0.29) is 42.8 Å². The topological polar surface area (TPSA) is 74.2 Å². The summed E-state index contributed by atoms with van der Waals surface area (Å²) in [7, 11) is 0.850. The van der Waals surface area contributed by atoms with E-state index in [1.165, 1.54) is 24.3 Å². The Morgan fingerprint density at radius 3 is 2.38 bits per heavy atom. The summed E-state index contributed by atoms with van der Waals surface area (Å²) in [5.41, 5.74) is -3.51. The lowest BCUT2D eigenvalue weighted by Crippen LogP contribution is -2.52. The average molecular weight is 491 g/mol. The Kier molecular flexibility index (Phi) is 9.94. The van der Waals surface area contributed by atoms with E-state index >= 15 is 0 Å². The molecule has 0 saturated carbocycles. The molecule has 9 heteroatoms. The molecule has 6 nitrogen and oxygen atoms in total. The van der Waals surface area contributed by atoms with Crippen molar-refractivity contribution in [3.05, 3.63) is 35.9 Å². The molecule has 0 aliphatic carbocycles. The van der Waals surface area contributed by atoms with E-state index in [0.29, 0.717) is 25.7 Å². The van der Waals surface area contributed by atoms with Crippen molar-refractivity contribution in [1.29, 1.82) is 0 Å². The van der Waals surface area contributed by atoms with Gasteiger partial charge in [0.1, 0.15) is 0 Å². The Bertz CT molecular complexity index is 770. The van der Waals surface area contributed by atoms with E-state index in [2.05, 4.69) is 0 Å². The summed E-state index contributed by atoms with van der Waals surface area (Å²) in [6.45, 7) is 7.64. The van der Waals surface area contributed by atoms with Gasteiger partial charge in [-0.05, 0) is 45.4 Å². The summed E-state index contributed by atoms with van der Waals surface area (Å²) >= 11 is 0. The standard InChI is InChI=1S/C25H37F3O6/c1-17(21-18(2)20(14-9-15-29)33-23(3,4)34-21)11-10-16-32-22(30)24(31-5,25(26,27)28)19-12-7-6-8-13-19/h6-8,12-13,17-18,20-21,29H,9-11,14-16H2,1-5H3/t17-,18-,20-,21+,24-/m1/s1. The molecular weight excluding hydrogens is 453 g/mol. The molecule has 0 aromatic heterocycles. The summed E-state index contributed by atoms with van der Waals surface area (Å²) in [5.74, 6) is -2.14. The monoisotopic (exact) mass is 490 g/mol. The molecule has 1 aromatic carbocycles. The molecule has 2 rings (SSSR count). The number of methoxy groups -OCH3 is 1. The molecule has 0 spiro atoms. The molecule has 1 N–H and O–H groups in total. The summed E-state index contributed by atoms with van der Waals surface area (Å²) in [6.07, 6.45) is -2.90. The van der Waals surface area contributed by atoms with Crippen LogP contribution in [0.15, 0.2) is 30.3 Å². The zero-order valence-corrected chi connectivity index (χ0v) is 20.6. The third-order valence-corrected chi connectivity index (χ3v) is 6.38. The third kappa shape index (κ3) is 6.50. The van der Waals surface area contributed by atoms with Crippen molar-refractivity contribution >= 4 is 5.97 Å². The lowest BCUT2D eigenvalue weighted by molar-refractivity contribution is -0.328. The van der Waals surface area contributed by atoms with Gasteiger partial charge in [0.25, 0.3) is 5.60 Å². The molecule has 34 heavy (non-hydrogen) atoms. The summed E-state index contributed by atoms with van der Waals surface area (Å²) < 4.78 is 63.9. The van der Waals surface area contributed by atoms with E-state index in [1.807, 2.05) is 27.7 Å². The number of hydrogen-bond donors (Lipinski definition) is 1. The first-order chi connectivity index (χ1) is 15.9. The molecule has 0 radical (unpaired) electrons. The number of aliphatic hydroxyl groups excluding tert-OH is 1. The van der Waals surface area contributed by atoms with E-state index in [4.69, 9.17) is 24.1 Å². The fraction of sp³-hybridized carbons (Fsp3) is 0.720.